The Hall–Kier alpha value is -2.93. The average molecular weight is 402 g/mol. The van der Waals surface area contributed by atoms with Crippen molar-refractivity contribution in [2.75, 3.05) is 10.1 Å². The average Bonchev–Trinajstić information content (AvgIpc) is 2.99. The molecule has 28 heavy (non-hydrogen) atoms. The van der Waals surface area contributed by atoms with E-state index in [1.807, 2.05) is 30.3 Å². The Morgan fingerprint density at radius 3 is 2.11 bits per heavy atom. The second-order valence-corrected chi connectivity index (χ2v) is 8.07. The predicted molar refractivity (Wildman–Crippen MR) is 111 cm³/mol. The SMILES string of the molecule is C=CCS(=O)(=O)N(Cc1ccccc1)c1cn(C)nc1C.Fc1ccccc1. The van der Waals surface area contributed by atoms with Crippen LogP contribution >= 0.6 is 0 Å². The fraction of sp³-hybridized carbons (Fsp3) is 0.190. The molecule has 0 amide bonds. The first-order valence-electron chi connectivity index (χ1n) is 8.69. The van der Waals surface area contributed by atoms with Crippen LogP contribution in [0.5, 0.6) is 0 Å². The van der Waals surface area contributed by atoms with E-state index in [0.29, 0.717) is 11.4 Å². The van der Waals surface area contributed by atoms with Crippen molar-refractivity contribution >= 4 is 15.7 Å². The zero-order valence-electron chi connectivity index (χ0n) is 16.0. The summed E-state index contributed by atoms with van der Waals surface area (Å²) in [4.78, 5) is 0. The molecule has 0 unspecified atom stereocenters. The van der Waals surface area contributed by atoms with Crippen molar-refractivity contribution < 1.29 is 12.8 Å². The van der Waals surface area contributed by atoms with Gasteiger partial charge >= 0.3 is 0 Å². The number of benzene rings is 2. The highest BCUT2D eigenvalue weighted by Crippen LogP contribution is 2.24. The largest absolute Gasteiger partial charge is 0.273 e. The fourth-order valence-corrected chi connectivity index (χ4v) is 3.87. The van der Waals surface area contributed by atoms with Crippen molar-refractivity contribution in [1.29, 1.82) is 0 Å². The van der Waals surface area contributed by atoms with Gasteiger partial charge in [-0.05, 0) is 24.6 Å². The zero-order valence-corrected chi connectivity index (χ0v) is 16.8. The Morgan fingerprint density at radius 1 is 1.11 bits per heavy atom. The summed E-state index contributed by atoms with van der Waals surface area (Å²) >= 11 is 0. The minimum absolute atomic E-state index is 0.103. The summed E-state index contributed by atoms with van der Waals surface area (Å²) in [5.74, 6) is -0.281. The third-order valence-corrected chi connectivity index (χ3v) is 5.48. The highest BCUT2D eigenvalue weighted by atomic mass is 32.2. The third kappa shape index (κ3) is 6.06. The number of anilines is 1. The molecule has 148 valence electrons. The molecule has 5 nitrogen and oxygen atoms in total. The van der Waals surface area contributed by atoms with Gasteiger partial charge in [0.2, 0.25) is 10.0 Å². The molecule has 0 radical (unpaired) electrons. The van der Waals surface area contributed by atoms with Gasteiger partial charge < -0.3 is 0 Å². The summed E-state index contributed by atoms with van der Waals surface area (Å²) in [5.41, 5.74) is 2.21. The van der Waals surface area contributed by atoms with Gasteiger partial charge in [-0.3, -0.25) is 8.99 Å². The highest BCUT2D eigenvalue weighted by Gasteiger charge is 2.24. The monoisotopic (exact) mass is 401 g/mol. The van der Waals surface area contributed by atoms with E-state index in [1.54, 1.807) is 43.0 Å². The van der Waals surface area contributed by atoms with Gasteiger partial charge in [0.1, 0.15) is 5.82 Å². The molecule has 0 aliphatic carbocycles. The van der Waals surface area contributed by atoms with Crippen molar-refractivity contribution in [1.82, 2.24) is 9.78 Å². The molecule has 7 heteroatoms. The number of aromatic nitrogens is 2. The summed E-state index contributed by atoms with van der Waals surface area (Å²) in [6.45, 7) is 5.61. The molecular weight excluding hydrogens is 377 g/mol. The first-order chi connectivity index (χ1) is 13.3. The minimum atomic E-state index is -3.47. The minimum Gasteiger partial charge on any atom is -0.273 e. The van der Waals surface area contributed by atoms with Crippen LogP contribution in [-0.4, -0.2) is 24.0 Å². The van der Waals surface area contributed by atoms with Gasteiger partial charge in [0, 0.05) is 13.2 Å². The van der Waals surface area contributed by atoms with Gasteiger partial charge in [-0.2, -0.15) is 5.10 Å². The molecule has 0 bridgehead atoms. The molecule has 0 spiro atoms. The van der Waals surface area contributed by atoms with E-state index in [-0.39, 0.29) is 18.1 Å². The fourth-order valence-electron chi connectivity index (χ4n) is 2.57. The molecule has 0 aliphatic rings. The van der Waals surface area contributed by atoms with Crippen LogP contribution in [-0.2, 0) is 23.6 Å². The van der Waals surface area contributed by atoms with Crippen LogP contribution in [0.1, 0.15) is 11.3 Å². The van der Waals surface area contributed by atoms with Crippen LogP contribution in [0.3, 0.4) is 0 Å². The number of rotatable bonds is 6. The van der Waals surface area contributed by atoms with Crippen molar-refractivity contribution in [2.45, 2.75) is 13.5 Å². The summed E-state index contributed by atoms with van der Waals surface area (Å²) < 4.78 is 39.9. The van der Waals surface area contributed by atoms with Gasteiger partial charge in [-0.25, -0.2) is 12.8 Å². The summed E-state index contributed by atoms with van der Waals surface area (Å²) in [5, 5.41) is 4.23. The van der Waals surface area contributed by atoms with Crippen molar-refractivity contribution in [3.8, 4) is 0 Å². The van der Waals surface area contributed by atoms with Gasteiger partial charge in [0.25, 0.3) is 0 Å². The molecule has 0 atom stereocenters. The van der Waals surface area contributed by atoms with Gasteiger partial charge in [0.15, 0.2) is 0 Å². The lowest BCUT2D eigenvalue weighted by Crippen LogP contribution is -2.32. The Bertz CT molecular complexity index is 987. The zero-order chi connectivity index (χ0) is 20.6. The smallest absolute Gasteiger partial charge is 0.239 e. The standard InChI is InChI=1S/C15H19N3O2S.C6H5F/c1-4-10-21(19,20)18(11-14-8-6-5-7-9-14)15-12-17(3)16-13(15)2;7-6-4-2-1-3-5-6/h4-9,12H,1,10-11H2,2-3H3;1-5H. The maximum atomic E-state index is 12.5. The molecule has 1 aromatic heterocycles. The second-order valence-electron chi connectivity index (χ2n) is 6.13. The quantitative estimate of drug-likeness (QED) is 0.585. The molecule has 3 aromatic rings. The number of sulfonamides is 1. The van der Waals surface area contributed by atoms with E-state index in [9.17, 15) is 12.8 Å². The summed E-state index contributed by atoms with van der Waals surface area (Å²) in [7, 11) is -1.70. The van der Waals surface area contributed by atoms with E-state index in [2.05, 4.69) is 11.7 Å². The normalized spacial score (nSPS) is 10.7. The summed E-state index contributed by atoms with van der Waals surface area (Å²) in [6, 6.07) is 17.4. The lowest BCUT2D eigenvalue weighted by atomic mass is 10.2. The van der Waals surface area contributed by atoms with Crippen LogP contribution in [0.4, 0.5) is 10.1 Å². The van der Waals surface area contributed by atoms with E-state index in [0.717, 1.165) is 5.56 Å². The van der Waals surface area contributed by atoms with Crippen LogP contribution in [0, 0.1) is 12.7 Å². The number of nitrogens with zero attached hydrogens (tertiary/aromatic N) is 3. The van der Waals surface area contributed by atoms with Crippen LogP contribution in [0.15, 0.2) is 79.5 Å². The van der Waals surface area contributed by atoms with Gasteiger partial charge in [-0.1, -0.05) is 54.6 Å². The lowest BCUT2D eigenvalue weighted by molar-refractivity contribution is 0.593. The Kier molecular flexibility index (Phi) is 7.52. The molecule has 0 aliphatic heterocycles. The van der Waals surface area contributed by atoms with E-state index in [4.69, 9.17) is 0 Å². The molecule has 1 heterocycles. The Morgan fingerprint density at radius 2 is 1.68 bits per heavy atom. The van der Waals surface area contributed by atoms with Crippen molar-refractivity contribution in [3.05, 3.63) is 96.6 Å². The maximum Gasteiger partial charge on any atom is 0.239 e. The molecule has 2 aromatic carbocycles. The molecule has 0 fully saturated rings. The Labute approximate surface area is 165 Å². The molecule has 0 N–H and O–H groups in total. The topological polar surface area (TPSA) is 55.2 Å². The van der Waals surface area contributed by atoms with Gasteiger partial charge in [0.05, 0.1) is 23.7 Å². The first-order valence-corrected chi connectivity index (χ1v) is 10.3. The van der Waals surface area contributed by atoms with Crippen molar-refractivity contribution in [3.63, 3.8) is 0 Å². The third-order valence-electron chi connectivity index (χ3n) is 3.82. The second kappa shape index (κ2) is 9.85. The Balaban J connectivity index is 0.000000336. The number of halogens is 1. The van der Waals surface area contributed by atoms with E-state index >= 15 is 0 Å². The molecular formula is C21H24FN3O2S. The van der Waals surface area contributed by atoms with Crippen LogP contribution < -0.4 is 4.31 Å². The van der Waals surface area contributed by atoms with Crippen LogP contribution in [0.2, 0.25) is 0 Å². The summed E-state index contributed by atoms with van der Waals surface area (Å²) in [6.07, 6.45) is 3.12. The van der Waals surface area contributed by atoms with Gasteiger partial charge in [-0.15, -0.1) is 6.58 Å². The molecule has 0 saturated heterocycles. The van der Waals surface area contributed by atoms with Crippen molar-refractivity contribution in [2.24, 2.45) is 7.05 Å². The number of aryl methyl sites for hydroxylation is 2. The van der Waals surface area contributed by atoms with E-state index in [1.165, 1.54) is 22.5 Å². The number of hydrogen-bond donors (Lipinski definition) is 0. The first kappa shape index (κ1) is 21.4. The molecule has 0 saturated carbocycles. The van der Waals surface area contributed by atoms with Crippen LogP contribution in [0.25, 0.3) is 0 Å². The molecule has 3 rings (SSSR count). The maximum absolute atomic E-state index is 12.5. The predicted octanol–water partition coefficient (Wildman–Crippen LogP) is 4.08. The lowest BCUT2D eigenvalue weighted by Gasteiger charge is -2.23. The number of hydrogen-bond acceptors (Lipinski definition) is 3. The van der Waals surface area contributed by atoms with E-state index < -0.39 is 10.0 Å². The highest BCUT2D eigenvalue weighted by molar-refractivity contribution is 7.92.